The van der Waals surface area contributed by atoms with Crippen molar-refractivity contribution in [2.24, 2.45) is 11.8 Å². The molecule has 1 fully saturated rings. The van der Waals surface area contributed by atoms with Gasteiger partial charge in [-0.25, -0.2) is 0 Å². The highest BCUT2D eigenvalue weighted by atomic mass is 16.5. The fraction of sp³-hybridized carbons (Fsp3) is 0.652. The van der Waals surface area contributed by atoms with Gasteiger partial charge in [0.2, 0.25) is 11.8 Å². The molecule has 162 valence electrons. The molecule has 0 unspecified atom stereocenters. The van der Waals surface area contributed by atoms with E-state index < -0.39 is 0 Å². The molecule has 2 amide bonds. The Kier molecular flexibility index (Phi) is 9.45. The molecule has 0 atom stereocenters. The van der Waals surface area contributed by atoms with Gasteiger partial charge in [-0.15, -0.1) is 0 Å². The first-order valence-electron chi connectivity index (χ1n) is 10.8. The summed E-state index contributed by atoms with van der Waals surface area (Å²) in [5, 5.41) is 2.72. The molecule has 0 saturated carbocycles. The number of hydrogen-bond donors (Lipinski definition) is 1. The average molecular weight is 404 g/mol. The molecule has 1 N–H and O–H groups in total. The van der Waals surface area contributed by atoms with Crippen LogP contribution in [0.5, 0.6) is 5.75 Å². The van der Waals surface area contributed by atoms with E-state index in [4.69, 9.17) is 4.74 Å². The quantitative estimate of drug-likeness (QED) is 0.653. The molecule has 0 spiro atoms. The number of para-hydroxylation sites is 1. The van der Waals surface area contributed by atoms with E-state index in [2.05, 4.69) is 36.2 Å². The number of carbonyl (C=O) groups is 2. The van der Waals surface area contributed by atoms with Gasteiger partial charge in [0.1, 0.15) is 5.75 Å². The van der Waals surface area contributed by atoms with Crippen LogP contribution in [0.1, 0.15) is 45.6 Å². The minimum atomic E-state index is -0.0874. The molecular formula is C23H37N3O3. The Morgan fingerprint density at radius 2 is 1.93 bits per heavy atom. The van der Waals surface area contributed by atoms with Crippen LogP contribution in [0.3, 0.4) is 0 Å². The minimum absolute atomic E-state index is 0.0874. The monoisotopic (exact) mass is 403 g/mol. The number of hydrogen-bond acceptors (Lipinski definition) is 4. The largest absolute Gasteiger partial charge is 0.496 e. The molecule has 1 saturated heterocycles. The molecule has 0 radical (unpaired) electrons. The highest BCUT2D eigenvalue weighted by molar-refractivity contribution is 5.78. The molecule has 6 nitrogen and oxygen atoms in total. The SMILES string of the molecule is COc1ccccc1CN1CCC(CN(CC(C)C)C(=O)CCNC(C)=O)CC1. The number of rotatable bonds is 10. The molecule has 1 aliphatic heterocycles. The van der Waals surface area contributed by atoms with Crippen molar-refractivity contribution in [3.05, 3.63) is 29.8 Å². The van der Waals surface area contributed by atoms with Gasteiger partial charge in [-0.2, -0.15) is 0 Å². The second kappa shape index (κ2) is 11.8. The molecular weight excluding hydrogens is 366 g/mol. The smallest absolute Gasteiger partial charge is 0.224 e. The number of nitrogens with zero attached hydrogens (tertiary/aromatic N) is 2. The van der Waals surface area contributed by atoms with Crippen LogP contribution in [0.2, 0.25) is 0 Å². The maximum absolute atomic E-state index is 12.7. The molecule has 0 aliphatic carbocycles. The van der Waals surface area contributed by atoms with Crippen LogP contribution in [-0.2, 0) is 16.1 Å². The maximum atomic E-state index is 12.7. The van der Waals surface area contributed by atoms with Crippen LogP contribution in [0.4, 0.5) is 0 Å². The van der Waals surface area contributed by atoms with Gasteiger partial charge in [0.15, 0.2) is 0 Å². The zero-order valence-corrected chi connectivity index (χ0v) is 18.4. The Balaban J connectivity index is 1.84. The van der Waals surface area contributed by atoms with Crippen molar-refractivity contribution < 1.29 is 14.3 Å². The van der Waals surface area contributed by atoms with Crippen molar-refractivity contribution in [1.29, 1.82) is 0 Å². The van der Waals surface area contributed by atoms with Crippen molar-refractivity contribution in [2.75, 3.05) is 39.8 Å². The second-order valence-electron chi connectivity index (χ2n) is 8.46. The van der Waals surface area contributed by atoms with Crippen LogP contribution in [0, 0.1) is 11.8 Å². The van der Waals surface area contributed by atoms with E-state index in [0.717, 1.165) is 51.3 Å². The third-order valence-electron chi connectivity index (χ3n) is 5.42. The van der Waals surface area contributed by atoms with Crippen LogP contribution in [0.25, 0.3) is 0 Å². The first-order chi connectivity index (χ1) is 13.9. The van der Waals surface area contributed by atoms with Gasteiger partial charge in [-0.1, -0.05) is 32.0 Å². The van der Waals surface area contributed by atoms with Gasteiger partial charge in [-0.3, -0.25) is 14.5 Å². The minimum Gasteiger partial charge on any atom is -0.496 e. The van der Waals surface area contributed by atoms with Crippen LogP contribution in [-0.4, -0.2) is 61.4 Å². The molecule has 2 rings (SSSR count). The summed E-state index contributed by atoms with van der Waals surface area (Å²) in [4.78, 5) is 28.2. The number of likely N-dealkylation sites (tertiary alicyclic amines) is 1. The second-order valence-corrected chi connectivity index (χ2v) is 8.46. The summed E-state index contributed by atoms with van der Waals surface area (Å²) in [6.45, 7) is 10.8. The van der Waals surface area contributed by atoms with Crippen molar-refractivity contribution in [1.82, 2.24) is 15.1 Å². The van der Waals surface area contributed by atoms with E-state index in [9.17, 15) is 9.59 Å². The van der Waals surface area contributed by atoms with Crippen molar-refractivity contribution >= 4 is 11.8 Å². The number of methoxy groups -OCH3 is 1. The predicted octanol–water partition coefficient (Wildman–Crippen LogP) is 2.92. The van der Waals surface area contributed by atoms with E-state index in [0.29, 0.717) is 24.8 Å². The van der Waals surface area contributed by atoms with Crippen LogP contribution >= 0.6 is 0 Å². The number of carbonyl (C=O) groups excluding carboxylic acids is 2. The highest BCUT2D eigenvalue weighted by Gasteiger charge is 2.24. The van der Waals surface area contributed by atoms with Crippen molar-refractivity contribution in [3.8, 4) is 5.75 Å². The molecule has 0 bridgehead atoms. The zero-order chi connectivity index (χ0) is 21.2. The lowest BCUT2D eigenvalue weighted by atomic mass is 9.95. The van der Waals surface area contributed by atoms with Gasteiger partial charge >= 0.3 is 0 Å². The van der Waals surface area contributed by atoms with Gasteiger partial charge in [0.05, 0.1) is 7.11 Å². The molecule has 1 aromatic carbocycles. The average Bonchev–Trinajstić information content (AvgIpc) is 2.68. The first-order valence-corrected chi connectivity index (χ1v) is 10.8. The van der Waals surface area contributed by atoms with Gasteiger partial charge in [0.25, 0.3) is 0 Å². The molecule has 0 aromatic heterocycles. The maximum Gasteiger partial charge on any atom is 0.224 e. The number of benzene rings is 1. The van der Waals surface area contributed by atoms with E-state index in [1.54, 1.807) is 7.11 Å². The molecule has 1 aromatic rings. The summed E-state index contributed by atoms with van der Waals surface area (Å²) in [6.07, 6.45) is 2.57. The lowest BCUT2D eigenvalue weighted by molar-refractivity contribution is -0.132. The van der Waals surface area contributed by atoms with Gasteiger partial charge in [0, 0.05) is 45.1 Å². The Bertz CT molecular complexity index is 655. The third kappa shape index (κ3) is 8.05. The van der Waals surface area contributed by atoms with Crippen molar-refractivity contribution in [3.63, 3.8) is 0 Å². The Morgan fingerprint density at radius 1 is 1.24 bits per heavy atom. The number of nitrogens with one attached hydrogen (secondary N) is 1. The fourth-order valence-electron chi connectivity index (χ4n) is 3.94. The topological polar surface area (TPSA) is 61.9 Å². The number of ether oxygens (including phenoxy) is 1. The fourth-order valence-corrected chi connectivity index (χ4v) is 3.94. The predicted molar refractivity (Wildman–Crippen MR) is 116 cm³/mol. The summed E-state index contributed by atoms with van der Waals surface area (Å²) < 4.78 is 5.47. The highest BCUT2D eigenvalue weighted by Crippen LogP contribution is 2.24. The molecule has 29 heavy (non-hydrogen) atoms. The van der Waals surface area contributed by atoms with E-state index >= 15 is 0 Å². The lowest BCUT2D eigenvalue weighted by Crippen LogP contribution is -2.42. The van der Waals surface area contributed by atoms with E-state index in [1.165, 1.54) is 12.5 Å². The lowest BCUT2D eigenvalue weighted by Gasteiger charge is -2.35. The van der Waals surface area contributed by atoms with Crippen LogP contribution < -0.4 is 10.1 Å². The van der Waals surface area contributed by atoms with Gasteiger partial charge in [-0.05, 0) is 43.8 Å². The Hall–Kier alpha value is -2.08. The molecule has 1 heterocycles. The summed E-state index contributed by atoms with van der Waals surface area (Å²) in [5.74, 6) is 1.97. The summed E-state index contributed by atoms with van der Waals surface area (Å²) >= 11 is 0. The zero-order valence-electron chi connectivity index (χ0n) is 18.4. The standard InChI is InChI=1S/C23H37N3O3/c1-18(2)15-26(23(28)9-12-24-19(3)27)16-20-10-13-25(14-11-20)17-21-7-5-6-8-22(21)29-4/h5-8,18,20H,9-17H2,1-4H3,(H,24,27). The first kappa shape index (κ1) is 23.2. The third-order valence-corrected chi connectivity index (χ3v) is 5.42. The Labute approximate surface area is 175 Å². The van der Waals surface area contributed by atoms with Crippen molar-refractivity contribution in [2.45, 2.75) is 46.6 Å². The summed E-state index contributed by atoms with van der Waals surface area (Å²) in [6, 6.07) is 8.20. The van der Waals surface area contributed by atoms with E-state index in [-0.39, 0.29) is 11.8 Å². The molecule has 1 aliphatic rings. The Morgan fingerprint density at radius 3 is 2.55 bits per heavy atom. The summed E-state index contributed by atoms with van der Waals surface area (Å²) in [5.41, 5.74) is 1.23. The van der Waals surface area contributed by atoms with E-state index in [1.807, 2.05) is 17.0 Å². The number of piperidine rings is 1. The van der Waals surface area contributed by atoms with Crippen LogP contribution in [0.15, 0.2) is 24.3 Å². The summed E-state index contributed by atoms with van der Waals surface area (Å²) in [7, 11) is 1.72. The van der Waals surface area contributed by atoms with Gasteiger partial charge < -0.3 is 15.0 Å². The molecule has 6 heteroatoms. The number of amides is 2. The normalized spacial score (nSPS) is 15.3.